The van der Waals surface area contributed by atoms with E-state index in [1.807, 2.05) is 0 Å². The molecule has 0 aromatic heterocycles. The van der Waals surface area contributed by atoms with Gasteiger partial charge in [-0.3, -0.25) is 0 Å². The molecule has 0 unspecified atom stereocenters. The minimum Gasteiger partial charge on any atom is -0.478 e. The van der Waals surface area contributed by atoms with E-state index in [0.717, 1.165) is 6.07 Å². The van der Waals surface area contributed by atoms with Gasteiger partial charge in [0.2, 0.25) is 0 Å². The summed E-state index contributed by atoms with van der Waals surface area (Å²) in [4.78, 5) is 10.6. The Balaban J connectivity index is 3.19. The molecule has 1 aromatic carbocycles. The second kappa shape index (κ2) is 3.46. The predicted molar refractivity (Wildman–Crippen MR) is 47.6 cm³/mol. The van der Waals surface area contributed by atoms with Crippen LogP contribution in [0.4, 0.5) is 5.69 Å². The van der Waals surface area contributed by atoms with Crippen LogP contribution in [0.3, 0.4) is 0 Å². The van der Waals surface area contributed by atoms with E-state index >= 15 is 0 Å². The summed E-state index contributed by atoms with van der Waals surface area (Å²) in [5.41, 5.74) is 5.41. The smallest absolute Gasteiger partial charge is 0.478 e. The third kappa shape index (κ3) is 1.98. The van der Waals surface area contributed by atoms with Crippen LogP contribution < -0.4 is 11.2 Å². The van der Waals surface area contributed by atoms with E-state index in [1.165, 1.54) is 12.1 Å². The summed E-state index contributed by atoms with van der Waals surface area (Å²) in [5.74, 6) is -1.19. The number of carboxylic acid groups (broad SMARTS) is 1. The van der Waals surface area contributed by atoms with Crippen molar-refractivity contribution in [3.05, 3.63) is 23.8 Å². The van der Waals surface area contributed by atoms with Gasteiger partial charge in [0.15, 0.2) is 0 Å². The van der Waals surface area contributed by atoms with Crippen LogP contribution in [-0.2, 0) is 0 Å². The average molecular weight is 181 g/mol. The Kier molecular flexibility index (Phi) is 2.55. The number of nitrogen functional groups attached to an aromatic ring is 1. The van der Waals surface area contributed by atoms with Gasteiger partial charge >= 0.3 is 13.1 Å². The van der Waals surface area contributed by atoms with E-state index in [1.54, 1.807) is 0 Å². The van der Waals surface area contributed by atoms with Gasteiger partial charge in [-0.05, 0) is 17.6 Å². The Morgan fingerprint density at radius 1 is 1.38 bits per heavy atom. The lowest BCUT2D eigenvalue weighted by atomic mass is 9.79. The highest BCUT2D eigenvalue weighted by atomic mass is 16.4. The zero-order valence-corrected chi connectivity index (χ0v) is 6.64. The number of rotatable bonds is 2. The van der Waals surface area contributed by atoms with Crippen LogP contribution in [0.2, 0.25) is 0 Å². The van der Waals surface area contributed by atoms with E-state index in [4.69, 9.17) is 20.9 Å². The first-order chi connectivity index (χ1) is 6.02. The number of nitrogens with two attached hydrogens (primary N) is 1. The molecule has 0 aliphatic carbocycles. The van der Waals surface area contributed by atoms with Crippen molar-refractivity contribution in [2.75, 3.05) is 5.73 Å². The Morgan fingerprint density at radius 3 is 2.46 bits per heavy atom. The number of benzene rings is 1. The summed E-state index contributed by atoms with van der Waals surface area (Å²) in [6.45, 7) is 0. The molecule has 0 heterocycles. The first kappa shape index (κ1) is 9.56. The van der Waals surface area contributed by atoms with Gasteiger partial charge in [-0.25, -0.2) is 4.79 Å². The molecule has 13 heavy (non-hydrogen) atoms. The van der Waals surface area contributed by atoms with Crippen LogP contribution >= 0.6 is 0 Å². The summed E-state index contributed by atoms with van der Waals surface area (Å²) >= 11 is 0. The number of carbonyl (C=O) groups is 1. The average Bonchev–Trinajstić information content (AvgIpc) is 2.04. The van der Waals surface area contributed by atoms with Crippen LogP contribution in [0.15, 0.2) is 18.2 Å². The van der Waals surface area contributed by atoms with Crippen LogP contribution in [-0.4, -0.2) is 28.2 Å². The first-order valence-corrected chi connectivity index (χ1v) is 3.51. The van der Waals surface area contributed by atoms with Gasteiger partial charge in [0, 0.05) is 5.69 Å². The molecule has 0 aliphatic rings. The number of hydrogen-bond donors (Lipinski definition) is 4. The van der Waals surface area contributed by atoms with Crippen molar-refractivity contribution in [1.29, 1.82) is 0 Å². The van der Waals surface area contributed by atoms with E-state index in [0.29, 0.717) is 0 Å². The highest BCUT2D eigenvalue weighted by Crippen LogP contribution is 2.08. The maximum Gasteiger partial charge on any atom is 0.488 e. The molecule has 1 rings (SSSR count). The second-order valence-electron chi connectivity index (χ2n) is 2.53. The largest absolute Gasteiger partial charge is 0.488 e. The summed E-state index contributed by atoms with van der Waals surface area (Å²) in [6.07, 6.45) is 0. The lowest BCUT2D eigenvalue weighted by Gasteiger charge is -2.03. The Bertz CT molecular complexity index is 339. The molecule has 6 heteroatoms. The quantitative estimate of drug-likeness (QED) is 0.333. The van der Waals surface area contributed by atoms with Gasteiger partial charge in [-0.1, -0.05) is 6.07 Å². The fourth-order valence-corrected chi connectivity index (χ4v) is 0.920. The predicted octanol–water partition coefficient (Wildman–Crippen LogP) is -1.35. The Morgan fingerprint density at radius 2 is 2.00 bits per heavy atom. The summed E-state index contributed by atoms with van der Waals surface area (Å²) in [6, 6.07) is 3.80. The van der Waals surface area contributed by atoms with E-state index in [-0.39, 0.29) is 16.7 Å². The highest BCUT2D eigenvalue weighted by Gasteiger charge is 2.15. The standard InChI is InChI=1S/C7H8BNO4/c9-6-2-1-4(8(12)13)3-5(6)7(10)11/h1-3,12-13H,9H2,(H,10,11). The van der Waals surface area contributed by atoms with Crippen LogP contribution in [0.5, 0.6) is 0 Å². The zero-order valence-electron chi connectivity index (χ0n) is 6.64. The number of carboxylic acids is 1. The van der Waals surface area contributed by atoms with Gasteiger partial charge < -0.3 is 20.9 Å². The van der Waals surface area contributed by atoms with Crippen LogP contribution in [0.25, 0.3) is 0 Å². The molecular formula is C7H8BNO4. The molecule has 0 spiro atoms. The molecule has 5 N–H and O–H groups in total. The van der Waals surface area contributed by atoms with Crippen molar-refractivity contribution in [3.8, 4) is 0 Å². The lowest BCUT2D eigenvalue weighted by molar-refractivity contribution is 0.0698. The molecule has 0 saturated heterocycles. The summed E-state index contributed by atoms with van der Waals surface area (Å²) in [7, 11) is -1.68. The minimum atomic E-state index is -1.68. The van der Waals surface area contributed by atoms with Gasteiger partial charge in [0.1, 0.15) is 0 Å². The van der Waals surface area contributed by atoms with Crippen molar-refractivity contribution in [3.63, 3.8) is 0 Å². The molecule has 0 atom stereocenters. The van der Waals surface area contributed by atoms with Crippen molar-refractivity contribution in [2.45, 2.75) is 0 Å². The number of anilines is 1. The fourth-order valence-electron chi connectivity index (χ4n) is 0.920. The lowest BCUT2D eigenvalue weighted by Crippen LogP contribution is -2.30. The highest BCUT2D eigenvalue weighted by molar-refractivity contribution is 6.58. The van der Waals surface area contributed by atoms with Gasteiger partial charge in [-0.2, -0.15) is 0 Å². The fraction of sp³-hybridized carbons (Fsp3) is 0. The summed E-state index contributed by atoms with van der Waals surface area (Å²) < 4.78 is 0. The molecule has 1 aromatic rings. The van der Waals surface area contributed by atoms with E-state index in [2.05, 4.69) is 0 Å². The normalized spacial score (nSPS) is 9.69. The van der Waals surface area contributed by atoms with Crippen molar-refractivity contribution in [1.82, 2.24) is 0 Å². The van der Waals surface area contributed by atoms with E-state index in [9.17, 15) is 4.79 Å². The third-order valence-corrected chi connectivity index (χ3v) is 1.61. The topological polar surface area (TPSA) is 104 Å². The maximum absolute atomic E-state index is 10.6. The Hall–Kier alpha value is -1.53. The van der Waals surface area contributed by atoms with Crippen molar-refractivity contribution < 1.29 is 19.9 Å². The SMILES string of the molecule is Nc1ccc(B(O)O)cc1C(=O)O. The number of aromatic carboxylic acids is 1. The minimum absolute atomic E-state index is 0.0944. The molecule has 5 nitrogen and oxygen atoms in total. The maximum atomic E-state index is 10.6. The van der Waals surface area contributed by atoms with E-state index < -0.39 is 13.1 Å². The molecule has 0 aliphatic heterocycles. The van der Waals surface area contributed by atoms with Crippen molar-refractivity contribution >= 4 is 24.2 Å². The molecular weight excluding hydrogens is 173 g/mol. The summed E-state index contributed by atoms with van der Waals surface area (Å²) in [5, 5.41) is 26.1. The molecule has 0 radical (unpaired) electrons. The molecule has 0 fully saturated rings. The van der Waals surface area contributed by atoms with Crippen molar-refractivity contribution in [2.24, 2.45) is 0 Å². The van der Waals surface area contributed by atoms with Crippen LogP contribution in [0, 0.1) is 0 Å². The second-order valence-corrected chi connectivity index (χ2v) is 2.53. The first-order valence-electron chi connectivity index (χ1n) is 3.51. The molecule has 0 amide bonds. The number of hydrogen-bond acceptors (Lipinski definition) is 4. The molecule has 0 bridgehead atoms. The van der Waals surface area contributed by atoms with Gasteiger partial charge in [-0.15, -0.1) is 0 Å². The zero-order chi connectivity index (χ0) is 10.0. The van der Waals surface area contributed by atoms with Gasteiger partial charge in [0.25, 0.3) is 0 Å². The molecule has 0 saturated carbocycles. The van der Waals surface area contributed by atoms with Gasteiger partial charge in [0.05, 0.1) is 5.56 Å². The van der Waals surface area contributed by atoms with Crippen LogP contribution in [0.1, 0.15) is 10.4 Å². The molecule has 68 valence electrons. The monoisotopic (exact) mass is 181 g/mol. The Labute approximate surface area is 74.6 Å². The third-order valence-electron chi connectivity index (χ3n) is 1.61.